The average Bonchev–Trinajstić information content (AvgIpc) is 2.93. The molecule has 0 saturated heterocycles. The smallest absolute Gasteiger partial charge is 0.273 e. The molecule has 21 heavy (non-hydrogen) atoms. The van der Waals surface area contributed by atoms with Crippen molar-refractivity contribution >= 4 is 5.91 Å². The zero-order valence-corrected chi connectivity index (χ0v) is 11.7. The van der Waals surface area contributed by atoms with Gasteiger partial charge in [0.15, 0.2) is 5.69 Å². The van der Waals surface area contributed by atoms with Gasteiger partial charge in [-0.2, -0.15) is 0 Å². The van der Waals surface area contributed by atoms with Crippen LogP contribution in [0, 0.1) is 18.8 Å². The van der Waals surface area contributed by atoms with Gasteiger partial charge in [-0.15, -0.1) is 0 Å². The molecule has 2 N–H and O–H groups in total. The van der Waals surface area contributed by atoms with Crippen molar-refractivity contribution in [1.29, 1.82) is 0 Å². The minimum Gasteiger partial charge on any atom is -0.395 e. The lowest BCUT2D eigenvalue weighted by atomic mass is 10.1. The number of aryl methyl sites for hydroxylation is 1. The number of rotatable bonds is 4. The van der Waals surface area contributed by atoms with E-state index in [9.17, 15) is 4.79 Å². The largest absolute Gasteiger partial charge is 0.395 e. The van der Waals surface area contributed by atoms with Gasteiger partial charge in [0.2, 0.25) is 0 Å². The number of carbonyl (C=O) groups is 1. The van der Waals surface area contributed by atoms with Gasteiger partial charge in [-0.3, -0.25) is 4.79 Å². The molecule has 0 aliphatic rings. The summed E-state index contributed by atoms with van der Waals surface area (Å²) in [6.07, 6.45) is 0.429. The van der Waals surface area contributed by atoms with E-state index in [0.29, 0.717) is 18.7 Å². The van der Waals surface area contributed by atoms with Crippen LogP contribution < -0.4 is 5.32 Å². The Morgan fingerprint density at radius 3 is 2.95 bits per heavy atom. The summed E-state index contributed by atoms with van der Waals surface area (Å²) in [5.41, 5.74) is 2.01. The third-order valence-corrected chi connectivity index (χ3v) is 2.78. The predicted octanol–water partition coefficient (Wildman–Crippen LogP) is 1.65. The third-order valence-electron chi connectivity index (χ3n) is 2.78. The van der Waals surface area contributed by atoms with Crippen LogP contribution in [0.3, 0.4) is 0 Å². The molecule has 0 aliphatic heterocycles. The summed E-state index contributed by atoms with van der Waals surface area (Å²) >= 11 is 0. The molecule has 0 radical (unpaired) electrons. The number of aromatic nitrogens is 1. The number of nitrogens with zero attached hydrogens (tertiary/aromatic N) is 1. The third kappa shape index (κ3) is 4.20. The fraction of sp³-hybridized carbons (Fsp3) is 0.250. The highest BCUT2D eigenvalue weighted by Gasteiger charge is 2.10. The Hall–Kier alpha value is -2.58. The monoisotopic (exact) mass is 284 g/mol. The minimum absolute atomic E-state index is 0.0391. The van der Waals surface area contributed by atoms with Crippen molar-refractivity contribution in [2.45, 2.75) is 19.9 Å². The van der Waals surface area contributed by atoms with Gasteiger partial charge in [-0.25, -0.2) is 0 Å². The second kappa shape index (κ2) is 7.27. The topological polar surface area (TPSA) is 75.4 Å². The van der Waals surface area contributed by atoms with Crippen LogP contribution in [0.4, 0.5) is 0 Å². The zero-order chi connectivity index (χ0) is 15.1. The van der Waals surface area contributed by atoms with Crippen LogP contribution in [0.2, 0.25) is 0 Å². The van der Waals surface area contributed by atoms with E-state index >= 15 is 0 Å². The van der Waals surface area contributed by atoms with Crippen LogP contribution in [-0.4, -0.2) is 22.8 Å². The fourth-order valence-corrected chi connectivity index (χ4v) is 1.75. The van der Waals surface area contributed by atoms with Crippen LogP contribution in [0.25, 0.3) is 0 Å². The fourth-order valence-electron chi connectivity index (χ4n) is 1.75. The Kier molecular flexibility index (Phi) is 5.13. The second-order valence-electron chi connectivity index (χ2n) is 4.44. The molecule has 1 heterocycles. The molecule has 2 rings (SSSR count). The van der Waals surface area contributed by atoms with Gasteiger partial charge in [0, 0.05) is 24.6 Å². The molecule has 0 unspecified atom stereocenters. The summed E-state index contributed by atoms with van der Waals surface area (Å²) in [6.45, 7) is 2.13. The van der Waals surface area contributed by atoms with Gasteiger partial charge in [-0.05, 0) is 18.6 Å². The van der Waals surface area contributed by atoms with E-state index in [4.69, 9.17) is 9.63 Å². The van der Waals surface area contributed by atoms with E-state index < -0.39 is 0 Å². The Morgan fingerprint density at radius 1 is 1.43 bits per heavy atom. The van der Waals surface area contributed by atoms with Crippen LogP contribution >= 0.6 is 0 Å². The number of hydrogen-bond acceptors (Lipinski definition) is 4. The number of amides is 1. The van der Waals surface area contributed by atoms with Gasteiger partial charge in [0.1, 0.15) is 5.76 Å². The van der Waals surface area contributed by atoms with E-state index in [1.807, 2.05) is 24.3 Å². The number of hydrogen-bond donors (Lipinski definition) is 2. The van der Waals surface area contributed by atoms with Crippen LogP contribution in [0.15, 0.2) is 34.9 Å². The van der Waals surface area contributed by atoms with Crippen LogP contribution in [0.1, 0.15) is 33.8 Å². The van der Waals surface area contributed by atoms with E-state index in [-0.39, 0.29) is 18.2 Å². The molecular weight excluding hydrogens is 268 g/mol. The molecule has 0 atom stereocenters. The first-order valence-corrected chi connectivity index (χ1v) is 6.60. The standard InChI is InChI=1S/C16H16N2O3/c1-12-10-15(18-21-12)16(20)17-11-14-8-3-2-6-13(14)7-4-5-9-19/h2-3,6,8,10,19H,5,9,11H2,1H3,(H,17,20). The van der Waals surface area contributed by atoms with Crippen molar-refractivity contribution < 1.29 is 14.4 Å². The van der Waals surface area contributed by atoms with Crippen molar-refractivity contribution in [3.8, 4) is 11.8 Å². The summed E-state index contributed by atoms with van der Waals surface area (Å²) in [5, 5.41) is 15.2. The molecule has 0 aliphatic carbocycles. The maximum absolute atomic E-state index is 11.9. The Balaban J connectivity index is 2.03. The van der Waals surface area contributed by atoms with Crippen LogP contribution in [0.5, 0.6) is 0 Å². The van der Waals surface area contributed by atoms with E-state index in [1.165, 1.54) is 0 Å². The summed E-state index contributed by atoms with van der Waals surface area (Å²) in [7, 11) is 0. The van der Waals surface area contributed by atoms with Gasteiger partial charge in [-0.1, -0.05) is 35.2 Å². The molecule has 0 spiro atoms. The predicted molar refractivity (Wildman–Crippen MR) is 77.4 cm³/mol. The van der Waals surface area contributed by atoms with Crippen molar-refractivity contribution in [2.75, 3.05) is 6.61 Å². The highest BCUT2D eigenvalue weighted by Crippen LogP contribution is 2.08. The molecule has 0 fully saturated rings. The summed E-state index contributed by atoms with van der Waals surface area (Å²) in [4.78, 5) is 11.9. The zero-order valence-electron chi connectivity index (χ0n) is 11.7. The van der Waals surface area contributed by atoms with E-state index in [1.54, 1.807) is 13.0 Å². The molecule has 5 heteroatoms. The number of benzene rings is 1. The lowest BCUT2D eigenvalue weighted by molar-refractivity contribution is 0.0942. The van der Waals surface area contributed by atoms with Crippen molar-refractivity contribution in [3.63, 3.8) is 0 Å². The van der Waals surface area contributed by atoms with Gasteiger partial charge in [0.25, 0.3) is 5.91 Å². The van der Waals surface area contributed by atoms with E-state index in [0.717, 1.165) is 11.1 Å². The number of nitrogens with one attached hydrogen (secondary N) is 1. The summed E-state index contributed by atoms with van der Waals surface area (Å²) < 4.78 is 4.87. The molecule has 1 aromatic heterocycles. The minimum atomic E-state index is -0.287. The molecule has 2 aromatic rings. The second-order valence-corrected chi connectivity index (χ2v) is 4.44. The van der Waals surface area contributed by atoms with Crippen molar-refractivity contribution in [1.82, 2.24) is 10.5 Å². The van der Waals surface area contributed by atoms with Crippen LogP contribution in [-0.2, 0) is 6.54 Å². The first kappa shape index (κ1) is 14.8. The number of carbonyl (C=O) groups excluding carboxylic acids is 1. The van der Waals surface area contributed by atoms with Gasteiger partial charge in [0.05, 0.1) is 6.61 Å². The Labute approximate surface area is 123 Å². The van der Waals surface area contributed by atoms with Crippen molar-refractivity contribution in [2.24, 2.45) is 0 Å². The lowest BCUT2D eigenvalue weighted by Crippen LogP contribution is -2.23. The summed E-state index contributed by atoms with van der Waals surface area (Å²) in [6, 6.07) is 9.14. The molecule has 1 aromatic carbocycles. The number of aliphatic hydroxyl groups is 1. The van der Waals surface area contributed by atoms with Gasteiger partial charge >= 0.3 is 0 Å². The Morgan fingerprint density at radius 2 is 2.24 bits per heavy atom. The molecule has 1 amide bonds. The number of aliphatic hydroxyl groups excluding tert-OH is 1. The first-order valence-electron chi connectivity index (χ1n) is 6.60. The summed E-state index contributed by atoms with van der Waals surface area (Å²) in [5.74, 6) is 6.17. The molecule has 108 valence electrons. The molecule has 5 nitrogen and oxygen atoms in total. The quantitative estimate of drug-likeness (QED) is 0.837. The maximum Gasteiger partial charge on any atom is 0.273 e. The maximum atomic E-state index is 11.9. The van der Waals surface area contributed by atoms with E-state index in [2.05, 4.69) is 22.3 Å². The SMILES string of the molecule is Cc1cc(C(=O)NCc2ccccc2C#CCCO)no1. The Bertz CT molecular complexity index is 680. The molecule has 0 saturated carbocycles. The van der Waals surface area contributed by atoms with Gasteiger partial charge < -0.3 is 14.9 Å². The first-order chi connectivity index (χ1) is 10.2. The normalized spacial score (nSPS) is 9.81. The highest BCUT2D eigenvalue weighted by molar-refractivity contribution is 5.92. The average molecular weight is 284 g/mol. The van der Waals surface area contributed by atoms with Crippen molar-refractivity contribution in [3.05, 3.63) is 52.9 Å². The molecule has 0 bridgehead atoms. The highest BCUT2D eigenvalue weighted by atomic mass is 16.5. The lowest BCUT2D eigenvalue weighted by Gasteiger charge is -2.05. The molecular formula is C16H16N2O3.